The Balaban J connectivity index is 2.98. The molecule has 0 aromatic heterocycles. The normalized spacial score (nSPS) is 12.5. The van der Waals surface area contributed by atoms with Gasteiger partial charge in [-0.25, -0.2) is 0 Å². The van der Waals surface area contributed by atoms with Gasteiger partial charge >= 0.3 is 0 Å². The van der Waals surface area contributed by atoms with Crippen LogP contribution in [0.4, 0.5) is 11.4 Å². The molecular weight excluding hydrogens is 290 g/mol. The molecule has 3 N–H and O–H groups in total. The molecule has 1 unspecified atom stereocenters. The monoisotopic (exact) mass is 321 g/mol. The standard InChI is InChI=1S/C18H31N3O2/c1-6-10-21(11-7-2)17(13(3)4)18(22)20-15-9-8-14(19)12-16(15)23-5/h8-9,12-13,17H,6-7,10-11,19H2,1-5H3,(H,20,22). The van der Waals surface area contributed by atoms with E-state index in [-0.39, 0.29) is 17.9 Å². The van der Waals surface area contributed by atoms with E-state index in [0.29, 0.717) is 17.1 Å². The number of hydrogen-bond acceptors (Lipinski definition) is 4. The Morgan fingerprint density at radius 2 is 1.87 bits per heavy atom. The summed E-state index contributed by atoms with van der Waals surface area (Å²) in [5, 5.41) is 3.01. The van der Waals surface area contributed by atoms with Crippen molar-refractivity contribution in [3.63, 3.8) is 0 Å². The van der Waals surface area contributed by atoms with Crippen molar-refractivity contribution in [3.8, 4) is 5.75 Å². The number of anilines is 2. The van der Waals surface area contributed by atoms with Crippen LogP contribution in [-0.4, -0.2) is 37.0 Å². The summed E-state index contributed by atoms with van der Waals surface area (Å²) in [7, 11) is 1.57. The van der Waals surface area contributed by atoms with Gasteiger partial charge in [-0.05, 0) is 44.0 Å². The molecule has 1 aromatic rings. The van der Waals surface area contributed by atoms with Gasteiger partial charge in [0.1, 0.15) is 5.75 Å². The Labute approximate surface area is 140 Å². The molecule has 0 aliphatic heterocycles. The van der Waals surface area contributed by atoms with Crippen molar-refractivity contribution in [3.05, 3.63) is 18.2 Å². The minimum Gasteiger partial charge on any atom is -0.494 e. The molecule has 0 saturated heterocycles. The van der Waals surface area contributed by atoms with E-state index >= 15 is 0 Å². The fourth-order valence-corrected chi connectivity index (χ4v) is 2.87. The number of methoxy groups -OCH3 is 1. The van der Waals surface area contributed by atoms with Crippen LogP contribution in [0.1, 0.15) is 40.5 Å². The molecule has 1 aromatic carbocycles. The maximum atomic E-state index is 12.9. The number of benzene rings is 1. The molecule has 0 spiro atoms. The molecule has 0 radical (unpaired) electrons. The number of nitrogens with one attached hydrogen (secondary N) is 1. The number of amides is 1. The van der Waals surface area contributed by atoms with Crippen LogP contribution in [0.5, 0.6) is 5.75 Å². The minimum atomic E-state index is -0.155. The second kappa shape index (κ2) is 9.40. The average molecular weight is 321 g/mol. The number of nitrogen functional groups attached to an aromatic ring is 1. The molecule has 0 bridgehead atoms. The zero-order valence-corrected chi connectivity index (χ0v) is 15.1. The second-order valence-corrected chi connectivity index (χ2v) is 6.17. The van der Waals surface area contributed by atoms with Crippen LogP contribution in [0.3, 0.4) is 0 Å². The Morgan fingerprint density at radius 3 is 2.35 bits per heavy atom. The Hall–Kier alpha value is -1.75. The lowest BCUT2D eigenvalue weighted by Gasteiger charge is -2.33. The van der Waals surface area contributed by atoms with E-state index in [0.717, 1.165) is 25.9 Å². The van der Waals surface area contributed by atoms with Gasteiger partial charge in [0.2, 0.25) is 5.91 Å². The number of hydrogen-bond donors (Lipinski definition) is 2. The van der Waals surface area contributed by atoms with Gasteiger partial charge in [0.15, 0.2) is 0 Å². The number of nitrogens with zero attached hydrogens (tertiary/aromatic N) is 1. The zero-order valence-electron chi connectivity index (χ0n) is 15.1. The zero-order chi connectivity index (χ0) is 17.4. The Morgan fingerprint density at radius 1 is 1.26 bits per heavy atom. The lowest BCUT2D eigenvalue weighted by atomic mass is 10.0. The smallest absolute Gasteiger partial charge is 0.242 e. The number of carbonyl (C=O) groups is 1. The van der Waals surface area contributed by atoms with Gasteiger partial charge in [-0.1, -0.05) is 27.7 Å². The number of nitrogens with two attached hydrogens (primary N) is 1. The maximum Gasteiger partial charge on any atom is 0.242 e. The van der Waals surface area contributed by atoms with E-state index in [2.05, 4.69) is 37.9 Å². The molecule has 0 aliphatic carbocycles. The number of ether oxygens (including phenoxy) is 1. The van der Waals surface area contributed by atoms with Gasteiger partial charge in [0.25, 0.3) is 0 Å². The molecule has 1 atom stereocenters. The SMILES string of the molecule is CCCN(CCC)C(C(=O)Nc1ccc(N)cc1OC)C(C)C. The molecule has 130 valence electrons. The first kappa shape index (κ1) is 19.3. The Bertz CT molecular complexity index is 497. The first-order valence-electron chi connectivity index (χ1n) is 8.42. The minimum absolute atomic E-state index is 0.00460. The van der Waals surface area contributed by atoms with Crippen LogP contribution < -0.4 is 15.8 Å². The second-order valence-electron chi connectivity index (χ2n) is 6.17. The van der Waals surface area contributed by atoms with Gasteiger partial charge in [0, 0.05) is 11.8 Å². The summed E-state index contributed by atoms with van der Waals surface area (Å²) < 4.78 is 5.31. The topological polar surface area (TPSA) is 67.6 Å². The molecule has 5 nitrogen and oxygen atoms in total. The molecule has 0 saturated carbocycles. The van der Waals surface area contributed by atoms with Gasteiger partial charge in [-0.3, -0.25) is 9.69 Å². The van der Waals surface area contributed by atoms with Gasteiger partial charge in [-0.2, -0.15) is 0 Å². The Kier molecular flexibility index (Phi) is 7.89. The van der Waals surface area contributed by atoms with Crippen molar-refractivity contribution in [2.45, 2.75) is 46.6 Å². The van der Waals surface area contributed by atoms with E-state index in [4.69, 9.17) is 10.5 Å². The van der Waals surface area contributed by atoms with Gasteiger partial charge in [-0.15, -0.1) is 0 Å². The van der Waals surface area contributed by atoms with Crippen molar-refractivity contribution in [2.24, 2.45) is 5.92 Å². The third-order valence-electron chi connectivity index (χ3n) is 3.80. The van der Waals surface area contributed by atoms with Crippen LogP contribution in [0.2, 0.25) is 0 Å². The van der Waals surface area contributed by atoms with Crippen molar-refractivity contribution in [2.75, 3.05) is 31.2 Å². The van der Waals surface area contributed by atoms with E-state index in [1.807, 2.05) is 0 Å². The molecule has 1 rings (SSSR count). The summed E-state index contributed by atoms with van der Waals surface area (Å²) in [4.78, 5) is 15.1. The summed E-state index contributed by atoms with van der Waals surface area (Å²) in [5.41, 5.74) is 7.04. The molecule has 1 amide bonds. The third-order valence-corrected chi connectivity index (χ3v) is 3.80. The van der Waals surface area contributed by atoms with Crippen LogP contribution in [0.15, 0.2) is 18.2 Å². The third kappa shape index (κ3) is 5.43. The fraction of sp³-hybridized carbons (Fsp3) is 0.611. The first-order valence-corrected chi connectivity index (χ1v) is 8.42. The number of carbonyl (C=O) groups excluding carboxylic acids is 1. The summed E-state index contributed by atoms with van der Waals surface area (Å²) in [6, 6.07) is 5.11. The molecule has 23 heavy (non-hydrogen) atoms. The van der Waals surface area contributed by atoms with E-state index in [1.165, 1.54) is 0 Å². The van der Waals surface area contributed by atoms with E-state index in [9.17, 15) is 4.79 Å². The number of rotatable bonds is 9. The van der Waals surface area contributed by atoms with Gasteiger partial charge < -0.3 is 15.8 Å². The van der Waals surface area contributed by atoms with Crippen molar-refractivity contribution in [1.29, 1.82) is 0 Å². The molecule has 5 heteroatoms. The predicted octanol–water partition coefficient (Wildman–Crippen LogP) is 3.36. The van der Waals surface area contributed by atoms with Crippen LogP contribution in [0.25, 0.3) is 0 Å². The van der Waals surface area contributed by atoms with Crippen LogP contribution >= 0.6 is 0 Å². The molecule has 0 aliphatic rings. The average Bonchev–Trinajstić information content (AvgIpc) is 2.49. The first-order chi connectivity index (χ1) is 10.9. The quantitative estimate of drug-likeness (QED) is 0.684. The maximum absolute atomic E-state index is 12.9. The highest BCUT2D eigenvalue weighted by Crippen LogP contribution is 2.27. The summed E-state index contributed by atoms with van der Waals surface area (Å²) in [6.45, 7) is 10.3. The van der Waals surface area contributed by atoms with E-state index < -0.39 is 0 Å². The molecule has 0 heterocycles. The molecule has 0 fully saturated rings. The summed E-state index contributed by atoms with van der Waals surface area (Å²) in [5.74, 6) is 0.816. The summed E-state index contributed by atoms with van der Waals surface area (Å²) in [6.07, 6.45) is 2.06. The lowest BCUT2D eigenvalue weighted by molar-refractivity contribution is -0.122. The van der Waals surface area contributed by atoms with Crippen molar-refractivity contribution < 1.29 is 9.53 Å². The highest BCUT2D eigenvalue weighted by atomic mass is 16.5. The highest BCUT2D eigenvalue weighted by Gasteiger charge is 2.28. The highest BCUT2D eigenvalue weighted by molar-refractivity contribution is 5.96. The van der Waals surface area contributed by atoms with E-state index in [1.54, 1.807) is 25.3 Å². The summed E-state index contributed by atoms with van der Waals surface area (Å²) >= 11 is 0. The van der Waals surface area contributed by atoms with Crippen molar-refractivity contribution in [1.82, 2.24) is 4.90 Å². The predicted molar refractivity (Wildman–Crippen MR) is 96.8 cm³/mol. The van der Waals surface area contributed by atoms with Crippen LogP contribution in [-0.2, 0) is 4.79 Å². The van der Waals surface area contributed by atoms with Crippen LogP contribution in [0, 0.1) is 5.92 Å². The van der Waals surface area contributed by atoms with Gasteiger partial charge in [0.05, 0.1) is 18.8 Å². The molecular formula is C18H31N3O2. The fourth-order valence-electron chi connectivity index (χ4n) is 2.87. The lowest BCUT2D eigenvalue weighted by Crippen LogP contribution is -2.48. The largest absolute Gasteiger partial charge is 0.494 e. The van der Waals surface area contributed by atoms with Crippen molar-refractivity contribution >= 4 is 17.3 Å².